The maximum absolute atomic E-state index is 5.34. The zero-order valence-corrected chi connectivity index (χ0v) is 16.2. The Kier molecular flexibility index (Phi) is 19.2. The first kappa shape index (κ1) is 23.3. The molecule has 0 saturated carbocycles. The fourth-order valence-corrected chi connectivity index (χ4v) is 1.31. The summed E-state index contributed by atoms with van der Waals surface area (Å²) in [6.45, 7) is 16.8. The van der Waals surface area contributed by atoms with Crippen molar-refractivity contribution in [2.24, 2.45) is 5.92 Å². The smallest absolute Gasteiger partial charge is 0.0875 e. The molecule has 0 radical (unpaired) electrons. The summed E-state index contributed by atoms with van der Waals surface area (Å²) in [7, 11) is 0. The molecule has 0 aromatic heterocycles. The molecule has 0 aliphatic rings. The van der Waals surface area contributed by atoms with E-state index in [1.54, 1.807) is 0 Å². The molecule has 0 saturated heterocycles. The van der Waals surface area contributed by atoms with Gasteiger partial charge in [-0.25, -0.2) is 0 Å². The van der Waals surface area contributed by atoms with Gasteiger partial charge in [0, 0.05) is 0 Å². The van der Waals surface area contributed by atoms with Crippen LogP contribution >= 0.6 is 0 Å². The second-order valence-corrected chi connectivity index (χ2v) is 6.27. The van der Waals surface area contributed by atoms with Crippen LogP contribution in [0.3, 0.4) is 0 Å². The van der Waals surface area contributed by atoms with E-state index in [1.165, 1.54) is 30.4 Å². The summed E-state index contributed by atoms with van der Waals surface area (Å²) in [5, 5.41) is 0. The third-order valence-electron chi connectivity index (χ3n) is 3.36. The molecule has 0 amide bonds. The molecule has 132 valence electrons. The minimum atomic E-state index is 0.741. The Morgan fingerprint density at radius 3 is 1.73 bits per heavy atom. The van der Waals surface area contributed by atoms with Crippen molar-refractivity contribution in [3.8, 4) is 0 Å². The van der Waals surface area contributed by atoms with Gasteiger partial charge in [-0.2, -0.15) is 0 Å². The van der Waals surface area contributed by atoms with E-state index < -0.39 is 0 Å². The summed E-state index contributed by atoms with van der Waals surface area (Å²) in [5.74, 6) is 0.741. The highest BCUT2D eigenvalue weighted by molar-refractivity contribution is 4.91. The first-order chi connectivity index (χ1) is 10.5. The standard InChI is InChI=1S/2C10H20O/c1-5-10(4)8-11-7-6-9(2)3;1-4-6-7-8-11-9-10(3)5-2/h8-9H,5-7H2,1-4H3;9H,4-8H2,1-3H3. The van der Waals surface area contributed by atoms with Crippen molar-refractivity contribution in [2.45, 2.75) is 87.0 Å². The van der Waals surface area contributed by atoms with Crippen LogP contribution in [-0.2, 0) is 9.47 Å². The average molecular weight is 313 g/mol. The van der Waals surface area contributed by atoms with Gasteiger partial charge in [0.15, 0.2) is 0 Å². The lowest BCUT2D eigenvalue weighted by Gasteiger charge is -2.04. The zero-order chi connectivity index (χ0) is 17.2. The summed E-state index contributed by atoms with van der Waals surface area (Å²) >= 11 is 0. The van der Waals surface area contributed by atoms with Crippen LogP contribution in [0.5, 0.6) is 0 Å². The van der Waals surface area contributed by atoms with E-state index >= 15 is 0 Å². The SMILES string of the molecule is CCC(C)=COCCC(C)C.CCCCCOC=C(C)CC. The van der Waals surface area contributed by atoms with Crippen molar-refractivity contribution in [2.75, 3.05) is 13.2 Å². The number of hydrogen-bond donors (Lipinski definition) is 0. The van der Waals surface area contributed by atoms with Gasteiger partial charge in [0.2, 0.25) is 0 Å². The minimum Gasteiger partial charge on any atom is -0.501 e. The monoisotopic (exact) mass is 312 g/mol. The lowest BCUT2D eigenvalue weighted by molar-refractivity contribution is 0.226. The third-order valence-corrected chi connectivity index (χ3v) is 3.36. The molecule has 0 atom stereocenters. The largest absolute Gasteiger partial charge is 0.501 e. The van der Waals surface area contributed by atoms with Crippen molar-refractivity contribution >= 4 is 0 Å². The molecule has 0 rings (SSSR count). The Labute approximate surface area is 140 Å². The third kappa shape index (κ3) is 21.4. The molecule has 0 aromatic rings. The van der Waals surface area contributed by atoms with E-state index in [0.717, 1.165) is 38.4 Å². The highest BCUT2D eigenvalue weighted by Crippen LogP contribution is 2.02. The van der Waals surface area contributed by atoms with Crippen LogP contribution in [0.2, 0.25) is 0 Å². The van der Waals surface area contributed by atoms with E-state index in [1.807, 2.05) is 12.5 Å². The topological polar surface area (TPSA) is 18.5 Å². The summed E-state index contributed by atoms with van der Waals surface area (Å²) in [5.41, 5.74) is 2.63. The molecule has 0 N–H and O–H groups in total. The predicted octanol–water partition coefficient (Wildman–Crippen LogP) is 6.87. The van der Waals surface area contributed by atoms with Gasteiger partial charge in [-0.3, -0.25) is 0 Å². The van der Waals surface area contributed by atoms with E-state index in [0.29, 0.717) is 0 Å². The molecule has 0 aliphatic heterocycles. The second kappa shape index (κ2) is 18.1. The van der Waals surface area contributed by atoms with Crippen molar-refractivity contribution in [3.05, 3.63) is 23.7 Å². The van der Waals surface area contributed by atoms with Crippen LogP contribution in [-0.4, -0.2) is 13.2 Å². The van der Waals surface area contributed by atoms with E-state index in [4.69, 9.17) is 9.47 Å². The van der Waals surface area contributed by atoms with Gasteiger partial charge < -0.3 is 9.47 Å². The average Bonchev–Trinajstić information content (AvgIpc) is 2.51. The van der Waals surface area contributed by atoms with E-state index in [9.17, 15) is 0 Å². The van der Waals surface area contributed by atoms with Gasteiger partial charge in [-0.1, -0.05) is 47.5 Å². The Bertz CT molecular complexity index is 277. The summed E-state index contributed by atoms with van der Waals surface area (Å²) in [6.07, 6.45) is 10.8. The van der Waals surface area contributed by atoms with E-state index in [-0.39, 0.29) is 0 Å². The highest BCUT2D eigenvalue weighted by atomic mass is 16.5. The van der Waals surface area contributed by atoms with Crippen LogP contribution in [0.1, 0.15) is 87.0 Å². The van der Waals surface area contributed by atoms with Crippen molar-refractivity contribution in [1.29, 1.82) is 0 Å². The van der Waals surface area contributed by atoms with Gasteiger partial charge in [-0.05, 0) is 56.6 Å². The lowest BCUT2D eigenvalue weighted by atomic mass is 10.1. The zero-order valence-electron chi connectivity index (χ0n) is 16.2. The van der Waals surface area contributed by atoms with Crippen LogP contribution in [0.15, 0.2) is 23.7 Å². The number of rotatable bonds is 11. The molecule has 0 aromatic carbocycles. The number of ether oxygens (including phenoxy) is 2. The Balaban J connectivity index is 0. The summed E-state index contributed by atoms with van der Waals surface area (Å²) in [6, 6.07) is 0. The number of unbranched alkanes of at least 4 members (excludes halogenated alkanes) is 2. The van der Waals surface area contributed by atoms with Gasteiger partial charge in [0.1, 0.15) is 0 Å². The Morgan fingerprint density at radius 2 is 1.32 bits per heavy atom. The van der Waals surface area contributed by atoms with Gasteiger partial charge >= 0.3 is 0 Å². The molecule has 0 aliphatic carbocycles. The predicted molar refractivity (Wildman–Crippen MR) is 99.0 cm³/mol. The van der Waals surface area contributed by atoms with Crippen LogP contribution in [0, 0.1) is 5.92 Å². The molecule has 2 heteroatoms. The quantitative estimate of drug-likeness (QED) is 0.306. The molecule has 2 nitrogen and oxygen atoms in total. The molecular formula is C20H40O2. The Hall–Kier alpha value is -0.920. The first-order valence-corrected chi connectivity index (χ1v) is 9.02. The molecule has 22 heavy (non-hydrogen) atoms. The van der Waals surface area contributed by atoms with Crippen LogP contribution < -0.4 is 0 Å². The molecule has 0 spiro atoms. The Morgan fingerprint density at radius 1 is 0.818 bits per heavy atom. The van der Waals surface area contributed by atoms with Crippen LogP contribution in [0.4, 0.5) is 0 Å². The fraction of sp³-hybridized carbons (Fsp3) is 0.800. The molecule has 0 fully saturated rings. The highest BCUT2D eigenvalue weighted by Gasteiger charge is 1.91. The van der Waals surface area contributed by atoms with Crippen molar-refractivity contribution in [1.82, 2.24) is 0 Å². The molecule has 0 heterocycles. The second-order valence-electron chi connectivity index (χ2n) is 6.27. The summed E-state index contributed by atoms with van der Waals surface area (Å²) < 4.78 is 10.7. The van der Waals surface area contributed by atoms with E-state index in [2.05, 4.69) is 48.5 Å². The fourth-order valence-electron chi connectivity index (χ4n) is 1.31. The minimum absolute atomic E-state index is 0.741. The maximum Gasteiger partial charge on any atom is 0.0875 e. The summed E-state index contributed by atoms with van der Waals surface area (Å²) in [4.78, 5) is 0. The van der Waals surface area contributed by atoms with Crippen molar-refractivity contribution in [3.63, 3.8) is 0 Å². The molecule has 0 bridgehead atoms. The van der Waals surface area contributed by atoms with Crippen molar-refractivity contribution < 1.29 is 9.47 Å². The van der Waals surface area contributed by atoms with Gasteiger partial charge in [0.05, 0.1) is 25.7 Å². The molecule has 0 unspecified atom stereocenters. The van der Waals surface area contributed by atoms with Gasteiger partial charge in [-0.15, -0.1) is 0 Å². The molecular weight excluding hydrogens is 272 g/mol. The van der Waals surface area contributed by atoms with Crippen LogP contribution in [0.25, 0.3) is 0 Å². The first-order valence-electron chi connectivity index (χ1n) is 9.02. The van der Waals surface area contributed by atoms with Gasteiger partial charge in [0.25, 0.3) is 0 Å². The normalized spacial score (nSPS) is 12.0. The number of allylic oxidation sites excluding steroid dienone is 2. The maximum atomic E-state index is 5.34. The lowest BCUT2D eigenvalue weighted by Crippen LogP contribution is -1.94. The number of hydrogen-bond acceptors (Lipinski definition) is 2.